The summed E-state index contributed by atoms with van der Waals surface area (Å²) in [6.07, 6.45) is 2.81. The number of hydrogen-bond donors (Lipinski definition) is 1. The minimum absolute atomic E-state index is 0.141. The van der Waals surface area contributed by atoms with Gasteiger partial charge in [-0.1, -0.05) is 34.6 Å². The maximum absolute atomic E-state index is 11.4. The minimum Gasteiger partial charge on any atom is -0.481 e. The Kier molecular flexibility index (Phi) is 9.26. The van der Waals surface area contributed by atoms with Crippen LogP contribution in [0.4, 0.5) is 0 Å². The number of esters is 1. The fourth-order valence-electron chi connectivity index (χ4n) is 2.12. The van der Waals surface area contributed by atoms with Crippen LogP contribution in [0.3, 0.4) is 0 Å². The lowest BCUT2D eigenvalue weighted by molar-refractivity contribution is -0.145. The molecule has 0 aromatic carbocycles. The lowest BCUT2D eigenvalue weighted by Gasteiger charge is -2.18. The van der Waals surface area contributed by atoms with E-state index in [1.807, 2.05) is 27.7 Å². The molecule has 118 valence electrons. The minimum atomic E-state index is -0.712. The van der Waals surface area contributed by atoms with Gasteiger partial charge in [0.1, 0.15) is 0 Å². The van der Waals surface area contributed by atoms with E-state index in [-0.39, 0.29) is 17.8 Å². The largest absolute Gasteiger partial charge is 0.481 e. The number of carbonyl (C=O) groups is 2. The van der Waals surface area contributed by atoms with E-state index in [1.54, 1.807) is 0 Å². The second-order valence-electron chi connectivity index (χ2n) is 6.48. The summed E-state index contributed by atoms with van der Waals surface area (Å²) in [5.74, 6) is -0.275. The second-order valence-corrected chi connectivity index (χ2v) is 6.48. The predicted octanol–water partition coefficient (Wildman–Crippen LogP) is 3.74. The summed E-state index contributed by atoms with van der Waals surface area (Å²) >= 11 is 0. The summed E-state index contributed by atoms with van der Waals surface area (Å²) in [4.78, 5) is 22.5. The van der Waals surface area contributed by atoms with Gasteiger partial charge in [0.2, 0.25) is 0 Å². The van der Waals surface area contributed by atoms with Gasteiger partial charge in [0.15, 0.2) is 0 Å². The number of ether oxygens (including phenoxy) is 1. The molecular formula is C16H30O4. The van der Waals surface area contributed by atoms with Gasteiger partial charge in [-0.05, 0) is 37.0 Å². The van der Waals surface area contributed by atoms with Crippen molar-refractivity contribution in [3.8, 4) is 0 Å². The van der Waals surface area contributed by atoms with Gasteiger partial charge in [0.05, 0.1) is 12.5 Å². The van der Waals surface area contributed by atoms with Crippen molar-refractivity contribution < 1.29 is 19.4 Å². The zero-order valence-corrected chi connectivity index (χ0v) is 13.5. The molecule has 0 radical (unpaired) electrons. The van der Waals surface area contributed by atoms with E-state index in [0.717, 1.165) is 12.8 Å². The fourth-order valence-corrected chi connectivity index (χ4v) is 2.12. The molecule has 4 nitrogen and oxygen atoms in total. The standard InChI is InChI=1S/C16H30O4/c1-11(2)10-15(17)20-9-8-13(5)6-7-14(12(3)4)16(18)19/h11-14H,6-10H2,1-5H3,(H,18,19). The molecule has 0 aliphatic heterocycles. The van der Waals surface area contributed by atoms with E-state index < -0.39 is 5.97 Å². The smallest absolute Gasteiger partial charge is 0.306 e. The van der Waals surface area contributed by atoms with Crippen LogP contribution in [-0.2, 0) is 14.3 Å². The van der Waals surface area contributed by atoms with E-state index >= 15 is 0 Å². The third-order valence-electron chi connectivity index (χ3n) is 3.54. The zero-order chi connectivity index (χ0) is 15.7. The van der Waals surface area contributed by atoms with Gasteiger partial charge in [-0.2, -0.15) is 0 Å². The summed E-state index contributed by atoms with van der Waals surface area (Å²) < 4.78 is 5.17. The predicted molar refractivity (Wildman–Crippen MR) is 79.4 cm³/mol. The molecule has 0 rings (SSSR count). The van der Waals surface area contributed by atoms with Crippen molar-refractivity contribution in [2.45, 2.75) is 60.3 Å². The molecule has 0 amide bonds. The topological polar surface area (TPSA) is 63.6 Å². The van der Waals surface area contributed by atoms with Crippen molar-refractivity contribution >= 4 is 11.9 Å². The highest BCUT2D eigenvalue weighted by Crippen LogP contribution is 2.21. The number of carbonyl (C=O) groups excluding carboxylic acids is 1. The molecule has 1 N–H and O–H groups in total. The molecule has 0 aliphatic rings. The van der Waals surface area contributed by atoms with Crippen LogP contribution in [0.5, 0.6) is 0 Å². The van der Waals surface area contributed by atoms with Crippen LogP contribution in [0.25, 0.3) is 0 Å². The number of carboxylic acid groups (broad SMARTS) is 1. The molecule has 0 spiro atoms. The van der Waals surface area contributed by atoms with Crippen LogP contribution in [0.2, 0.25) is 0 Å². The van der Waals surface area contributed by atoms with Crippen LogP contribution in [0, 0.1) is 23.7 Å². The molecule has 2 atom stereocenters. The van der Waals surface area contributed by atoms with E-state index in [1.165, 1.54) is 0 Å². The Morgan fingerprint density at radius 3 is 2.05 bits per heavy atom. The monoisotopic (exact) mass is 286 g/mol. The summed E-state index contributed by atoms with van der Waals surface area (Å²) in [7, 11) is 0. The van der Waals surface area contributed by atoms with Crippen molar-refractivity contribution in [2.24, 2.45) is 23.7 Å². The number of carboxylic acids is 1. The van der Waals surface area contributed by atoms with Crippen molar-refractivity contribution in [2.75, 3.05) is 6.61 Å². The van der Waals surface area contributed by atoms with Gasteiger partial charge >= 0.3 is 11.9 Å². The highest BCUT2D eigenvalue weighted by molar-refractivity contribution is 5.70. The van der Waals surface area contributed by atoms with Gasteiger partial charge < -0.3 is 9.84 Å². The molecule has 0 aromatic rings. The summed E-state index contributed by atoms with van der Waals surface area (Å²) in [6.45, 7) is 10.4. The zero-order valence-electron chi connectivity index (χ0n) is 13.5. The van der Waals surface area contributed by atoms with Crippen LogP contribution in [-0.4, -0.2) is 23.7 Å². The summed E-state index contributed by atoms with van der Waals surface area (Å²) in [6, 6.07) is 0. The maximum Gasteiger partial charge on any atom is 0.306 e. The quantitative estimate of drug-likeness (QED) is 0.621. The van der Waals surface area contributed by atoms with Gasteiger partial charge in [-0.15, -0.1) is 0 Å². The van der Waals surface area contributed by atoms with Crippen LogP contribution < -0.4 is 0 Å². The van der Waals surface area contributed by atoms with Gasteiger partial charge in [0, 0.05) is 6.42 Å². The van der Waals surface area contributed by atoms with Crippen molar-refractivity contribution in [1.82, 2.24) is 0 Å². The fraction of sp³-hybridized carbons (Fsp3) is 0.875. The van der Waals surface area contributed by atoms with Crippen molar-refractivity contribution in [3.05, 3.63) is 0 Å². The molecule has 0 saturated carbocycles. The average molecular weight is 286 g/mol. The van der Waals surface area contributed by atoms with E-state index in [2.05, 4.69) is 6.92 Å². The van der Waals surface area contributed by atoms with Crippen LogP contribution in [0.15, 0.2) is 0 Å². The Morgan fingerprint density at radius 2 is 1.60 bits per heavy atom. The van der Waals surface area contributed by atoms with Crippen molar-refractivity contribution in [1.29, 1.82) is 0 Å². The Labute approximate surface area is 122 Å². The first kappa shape index (κ1) is 18.9. The van der Waals surface area contributed by atoms with Gasteiger partial charge in [-0.25, -0.2) is 0 Å². The molecule has 2 unspecified atom stereocenters. The molecule has 0 saturated heterocycles. The summed E-state index contributed by atoms with van der Waals surface area (Å²) in [5, 5.41) is 9.12. The highest BCUT2D eigenvalue weighted by atomic mass is 16.5. The van der Waals surface area contributed by atoms with E-state index in [9.17, 15) is 9.59 Å². The maximum atomic E-state index is 11.4. The van der Waals surface area contributed by atoms with E-state index in [4.69, 9.17) is 9.84 Å². The molecule has 0 bridgehead atoms. The number of hydrogen-bond acceptors (Lipinski definition) is 3. The Hall–Kier alpha value is -1.06. The molecule has 4 heteroatoms. The third-order valence-corrected chi connectivity index (χ3v) is 3.54. The Balaban J connectivity index is 3.86. The molecule has 0 aliphatic carbocycles. The Bertz CT molecular complexity index is 297. The molecular weight excluding hydrogens is 256 g/mol. The first-order valence-corrected chi connectivity index (χ1v) is 7.62. The summed E-state index contributed by atoms with van der Waals surface area (Å²) in [5.41, 5.74) is 0. The van der Waals surface area contributed by atoms with Gasteiger partial charge in [-0.3, -0.25) is 9.59 Å². The molecule has 20 heavy (non-hydrogen) atoms. The molecule has 0 aromatic heterocycles. The van der Waals surface area contributed by atoms with Gasteiger partial charge in [0.25, 0.3) is 0 Å². The van der Waals surface area contributed by atoms with E-state index in [0.29, 0.717) is 31.3 Å². The van der Waals surface area contributed by atoms with Crippen LogP contribution in [0.1, 0.15) is 60.3 Å². The first-order valence-electron chi connectivity index (χ1n) is 7.62. The highest BCUT2D eigenvalue weighted by Gasteiger charge is 2.21. The first-order chi connectivity index (χ1) is 9.23. The van der Waals surface area contributed by atoms with Crippen LogP contribution >= 0.6 is 0 Å². The Morgan fingerprint density at radius 1 is 1.00 bits per heavy atom. The van der Waals surface area contributed by atoms with Crippen molar-refractivity contribution in [3.63, 3.8) is 0 Å². The lowest BCUT2D eigenvalue weighted by Crippen LogP contribution is -2.20. The molecule has 0 heterocycles. The lowest BCUT2D eigenvalue weighted by atomic mass is 9.88. The average Bonchev–Trinajstić information content (AvgIpc) is 2.26. The SMILES string of the molecule is CC(C)CC(=O)OCCC(C)CCC(C(=O)O)C(C)C. The number of rotatable bonds is 10. The normalized spacial score (nSPS) is 14.3. The molecule has 0 fully saturated rings. The second kappa shape index (κ2) is 9.78. The third kappa shape index (κ3) is 8.94. The number of aliphatic carboxylic acids is 1.